The number of carboxylic acids is 1. The third kappa shape index (κ3) is 4.29. The van der Waals surface area contributed by atoms with Gasteiger partial charge in [-0.15, -0.1) is 0 Å². The van der Waals surface area contributed by atoms with E-state index in [-0.39, 0.29) is 18.0 Å². The molecule has 0 aliphatic carbocycles. The quantitative estimate of drug-likeness (QED) is 0.815. The van der Waals surface area contributed by atoms with E-state index in [1.165, 1.54) is 13.0 Å². The van der Waals surface area contributed by atoms with Crippen molar-refractivity contribution in [3.8, 4) is 11.8 Å². The number of nitrogens with one attached hydrogen (secondary N) is 1. The lowest BCUT2D eigenvalue weighted by molar-refractivity contribution is -0.118. The van der Waals surface area contributed by atoms with Gasteiger partial charge in [-0.3, -0.25) is 4.79 Å². The van der Waals surface area contributed by atoms with Gasteiger partial charge in [0.1, 0.15) is 0 Å². The van der Waals surface area contributed by atoms with Gasteiger partial charge in [-0.25, -0.2) is 4.79 Å². The van der Waals surface area contributed by atoms with Gasteiger partial charge < -0.3 is 10.4 Å². The van der Waals surface area contributed by atoms with Crippen molar-refractivity contribution in [2.24, 2.45) is 0 Å². The van der Waals surface area contributed by atoms with Gasteiger partial charge in [-0.1, -0.05) is 11.8 Å². The highest BCUT2D eigenvalue weighted by Gasteiger charge is 2.07. The van der Waals surface area contributed by atoms with Crippen LogP contribution in [0.25, 0.3) is 0 Å². The third-order valence-electron chi connectivity index (χ3n) is 1.86. The second-order valence-electron chi connectivity index (χ2n) is 3.21. The lowest BCUT2D eigenvalue weighted by atomic mass is 10.1. The predicted octanol–water partition coefficient (Wildman–Crippen LogP) is 1.63. The van der Waals surface area contributed by atoms with Gasteiger partial charge in [0.05, 0.1) is 12.1 Å². The van der Waals surface area contributed by atoms with E-state index in [0.29, 0.717) is 10.0 Å². The van der Waals surface area contributed by atoms with Crippen molar-refractivity contribution in [3.63, 3.8) is 0 Å². The van der Waals surface area contributed by atoms with Gasteiger partial charge in [-0.2, -0.15) is 0 Å². The van der Waals surface area contributed by atoms with Gasteiger partial charge >= 0.3 is 5.97 Å². The molecule has 88 valence electrons. The van der Waals surface area contributed by atoms with E-state index in [0.717, 1.165) is 0 Å². The lowest BCUT2D eigenvalue weighted by Gasteiger charge is -1.99. The highest BCUT2D eigenvalue weighted by atomic mass is 79.9. The predicted molar refractivity (Wildman–Crippen MR) is 66.7 cm³/mol. The molecular formula is C12H10BrNO3. The zero-order valence-corrected chi connectivity index (χ0v) is 10.7. The maximum Gasteiger partial charge on any atom is 0.336 e. The first-order valence-electron chi connectivity index (χ1n) is 4.77. The molecule has 0 aliphatic heterocycles. The summed E-state index contributed by atoms with van der Waals surface area (Å²) >= 11 is 3.15. The highest BCUT2D eigenvalue weighted by Crippen LogP contribution is 2.17. The fourth-order valence-electron chi connectivity index (χ4n) is 1.08. The topological polar surface area (TPSA) is 66.4 Å². The number of hydrogen-bond donors (Lipinski definition) is 2. The van der Waals surface area contributed by atoms with Gasteiger partial charge in [0.2, 0.25) is 5.91 Å². The number of amides is 1. The largest absolute Gasteiger partial charge is 0.478 e. The number of rotatable bonds is 2. The number of hydrogen-bond acceptors (Lipinski definition) is 2. The summed E-state index contributed by atoms with van der Waals surface area (Å²) in [6, 6.07) is 4.82. The molecule has 0 aliphatic rings. The summed E-state index contributed by atoms with van der Waals surface area (Å²) in [7, 11) is 0. The zero-order chi connectivity index (χ0) is 12.8. The minimum Gasteiger partial charge on any atom is -0.478 e. The minimum absolute atomic E-state index is 0.152. The normalized spacial score (nSPS) is 9.06. The number of benzene rings is 1. The summed E-state index contributed by atoms with van der Waals surface area (Å²) in [6.07, 6.45) is 0. The van der Waals surface area contributed by atoms with Crippen molar-refractivity contribution >= 4 is 27.8 Å². The fraction of sp³-hybridized carbons (Fsp3) is 0.167. The Morgan fingerprint density at radius 3 is 2.76 bits per heavy atom. The molecule has 1 aromatic carbocycles. The molecule has 1 aromatic rings. The Balaban J connectivity index is 2.82. The van der Waals surface area contributed by atoms with Crippen LogP contribution in [0.15, 0.2) is 22.7 Å². The molecule has 1 rings (SSSR count). The molecule has 17 heavy (non-hydrogen) atoms. The molecule has 0 radical (unpaired) electrons. The molecule has 0 bridgehead atoms. The Labute approximate surface area is 107 Å². The third-order valence-corrected chi connectivity index (χ3v) is 2.55. The van der Waals surface area contributed by atoms with Crippen molar-refractivity contribution in [1.29, 1.82) is 0 Å². The number of halogens is 1. The molecule has 0 heterocycles. The Bertz CT molecular complexity index is 514. The van der Waals surface area contributed by atoms with Gasteiger partial charge in [0.25, 0.3) is 0 Å². The van der Waals surface area contributed by atoms with Gasteiger partial charge in [0, 0.05) is 17.0 Å². The van der Waals surface area contributed by atoms with E-state index in [1.54, 1.807) is 12.1 Å². The molecule has 0 fully saturated rings. The van der Waals surface area contributed by atoms with Gasteiger partial charge in [0.15, 0.2) is 0 Å². The van der Waals surface area contributed by atoms with Crippen LogP contribution in [0, 0.1) is 11.8 Å². The zero-order valence-electron chi connectivity index (χ0n) is 9.08. The van der Waals surface area contributed by atoms with Crippen LogP contribution in [0.1, 0.15) is 22.8 Å². The number of carbonyl (C=O) groups is 2. The fourth-order valence-corrected chi connectivity index (χ4v) is 1.50. The molecular weight excluding hydrogens is 286 g/mol. The summed E-state index contributed by atoms with van der Waals surface area (Å²) in [6.45, 7) is 1.65. The Morgan fingerprint density at radius 2 is 2.18 bits per heavy atom. The Kier molecular flexibility index (Phi) is 4.73. The summed E-state index contributed by atoms with van der Waals surface area (Å²) in [5.41, 5.74) is 0.757. The van der Waals surface area contributed by atoms with Crippen LogP contribution in [0.4, 0.5) is 0 Å². The van der Waals surface area contributed by atoms with Crippen molar-refractivity contribution in [2.75, 3.05) is 6.54 Å². The SMILES string of the molecule is CC(=O)NCC#Cc1ccc(Br)c(C(=O)O)c1. The molecule has 0 saturated carbocycles. The molecule has 0 atom stereocenters. The minimum atomic E-state index is -1.01. The summed E-state index contributed by atoms with van der Waals surface area (Å²) in [5, 5.41) is 11.4. The Hall–Kier alpha value is -1.80. The lowest BCUT2D eigenvalue weighted by Crippen LogP contribution is -2.19. The second-order valence-corrected chi connectivity index (χ2v) is 4.07. The maximum absolute atomic E-state index is 10.9. The standard InChI is InChI=1S/C12H10BrNO3/c1-8(15)14-6-2-3-9-4-5-11(13)10(7-9)12(16)17/h4-5,7H,6H2,1H3,(H,14,15)(H,16,17). The first-order valence-corrected chi connectivity index (χ1v) is 5.56. The number of carbonyl (C=O) groups excluding carboxylic acids is 1. The first-order chi connectivity index (χ1) is 8.00. The smallest absolute Gasteiger partial charge is 0.336 e. The molecule has 2 N–H and O–H groups in total. The van der Waals surface area contributed by atoms with Crippen LogP contribution in [-0.4, -0.2) is 23.5 Å². The highest BCUT2D eigenvalue weighted by molar-refractivity contribution is 9.10. The van der Waals surface area contributed by atoms with Crippen molar-refractivity contribution in [2.45, 2.75) is 6.92 Å². The van der Waals surface area contributed by atoms with Crippen LogP contribution in [0.2, 0.25) is 0 Å². The average Bonchev–Trinajstić information content (AvgIpc) is 2.25. The van der Waals surface area contributed by atoms with E-state index < -0.39 is 5.97 Å². The number of carboxylic acid groups (broad SMARTS) is 1. The average molecular weight is 296 g/mol. The van der Waals surface area contributed by atoms with E-state index >= 15 is 0 Å². The van der Waals surface area contributed by atoms with Crippen LogP contribution in [0.3, 0.4) is 0 Å². The molecule has 0 unspecified atom stereocenters. The van der Waals surface area contributed by atoms with Crippen molar-refractivity contribution in [3.05, 3.63) is 33.8 Å². The Morgan fingerprint density at radius 1 is 1.47 bits per heavy atom. The van der Waals surface area contributed by atoms with E-state index in [9.17, 15) is 9.59 Å². The summed E-state index contributed by atoms with van der Waals surface area (Å²) < 4.78 is 0.511. The summed E-state index contributed by atoms with van der Waals surface area (Å²) in [5.74, 6) is 4.34. The van der Waals surface area contributed by atoms with Crippen LogP contribution in [-0.2, 0) is 4.79 Å². The molecule has 1 amide bonds. The summed E-state index contributed by atoms with van der Waals surface area (Å²) in [4.78, 5) is 21.4. The molecule has 5 heteroatoms. The van der Waals surface area contributed by atoms with E-state index in [2.05, 4.69) is 33.1 Å². The van der Waals surface area contributed by atoms with Crippen molar-refractivity contribution in [1.82, 2.24) is 5.32 Å². The van der Waals surface area contributed by atoms with Crippen LogP contribution >= 0.6 is 15.9 Å². The van der Waals surface area contributed by atoms with E-state index in [1.807, 2.05) is 0 Å². The maximum atomic E-state index is 10.9. The number of aromatic carboxylic acids is 1. The van der Waals surface area contributed by atoms with E-state index in [4.69, 9.17) is 5.11 Å². The molecule has 0 spiro atoms. The molecule has 0 aromatic heterocycles. The first kappa shape index (κ1) is 13.3. The molecule has 0 saturated heterocycles. The molecule has 4 nitrogen and oxygen atoms in total. The monoisotopic (exact) mass is 295 g/mol. The second kappa shape index (κ2) is 6.06. The van der Waals surface area contributed by atoms with Crippen LogP contribution in [0.5, 0.6) is 0 Å². The van der Waals surface area contributed by atoms with Crippen molar-refractivity contribution < 1.29 is 14.7 Å². The van der Waals surface area contributed by atoms with Gasteiger partial charge in [-0.05, 0) is 34.1 Å². The van der Waals surface area contributed by atoms with Crippen LogP contribution < -0.4 is 5.32 Å².